The molecule has 0 aromatic heterocycles. The first kappa shape index (κ1) is 18.0. The van der Waals surface area contributed by atoms with Gasteiger partial charge in [-0.3, -0.25) is 0 Å². The van der Waals surface area contributed by atoms with E-state index >= 15 is 0 Å². The molecule has 0 radical (unpaired) electrons. The van der Waals surface area contributed by atoms with E-state index in [0.717, 1.165) is 17.7 Å². The summed E-state index contributed by atoms with van der Waals surface area (Å²) in [6.07, 6.45) is -1.75. The monoisotopic (exact) mass is 320 g/mol. The number of isocyanates is 2. The summed E-state index contributed by atoms with van der Waals surface area (Å²) in [5.74, 6) is 0. The summed E-state index contributed by atoms with van der Waals surface area (Å²) in [4.78, 5) is 26.1. The highest BCUT2D eigenvalue weighted by atomic mass is 19.4. The van der Waals surface area contributed by atoms with Crippen LogP contribution in [0.5, 0.6) is 0 Å². The second kappa shape index (κ2) is 8.44. The molecular formula is C16H11F3N2O2. The smallest absolute Gasteiger partial charge is 0.211 e. The average Bonchev–Trinajstić information content (AvgIpc) is 2.48. The largest absolute Gasteiger partial charge is 0.416 e. The summed E-state index contributed by atoms with van der Waals surface area (Å²) in [5, 5.41) is 0. The lowest BCUT2D eigenvalue weighted by molar-refractivity contribution is -0.137. The maximum Gasteiger partial charge on any atom is 0.416 e. The van der Waals surface area contributed by atoms with E-state index < -0.39 is 11.7 Å². The van der Waals surface area contributed by atoms with Crippen LogP contribution in [0.3, 0.4) is 0 Å². The van der Waals surface area contributed by atoms with Crippen LogP contribution >= 0.6 is 0 Å². The standard InChI is InChI=1S/C8H4F3NO.C8H7NO/c9-8(10,11)6-2-1-3-7(4-6)12-5-13;1-7-3-2-4-8(5-7)9-6-10/h1-4H;2-5H,1H3. The first-order valence-corrected chi connectivity index (χ1v) is 6.26. The third-order valence-electron chi connectivity index (χ3n) is 2.52. The fourth-order valence-corrected chi connectivity index (χ4v) is 1.55. The van der Waals surface area contributed by atoms with Gasteiger partial charge in [-0.05, 0) is 42.8 Å². The van der Waals surface area contributed by atoms with Crippen LogP contribution in [0.15, 0.2) is 58.5 Å². The number of carbonyl (C=O) groups excluding carboxylic acids is 2. The van der Waals surface area contributed by atoms with Gasteiger partial charge in [0.2, 0.25) is 12.2 Å². The normalized spacial score (nSPS) is 9.74. The average molecular weight is 320 g/mol. The van der Waals surface area contributed by atoms with Crippen LogP contribution in [0.2, 0.25) is 0 Å². The lowest BCUT2D eigenvalue weighted by atomic mass is 10.2. The van der Waals surface area contributed by atoms with Crippen LogP contribution in [0.25, 0.3) is 0 Å². The molecule has 23 heavy (non-hydrogen) atoms. The molecule has 0 saturated carbocycles. The highest BCUT2D eigenvalue weighted by Crippen LogP contribution is 2.31. The fourth-order valence-electron chi connectivity index (χ4n) is 1.55. The molecule has 0 unspecified atom stereocenters. The van der Waals surface area contributed by atoms with E-state index in [1.807, 2.05) is 25.1 Å². The predicted octanol–water partition coefficient (Wildman–Crippen LogP) is 4.64. The Kier molecular flexibility index (Phi) is 6.62. The lowest BCUT2D eigenvalue weighted by Crippen LogP contribution is -2.03. The number of nitrogens with zero attached hydrogens (tertiary/aromatic N) is 2. The summed E-state index contributed by atoms with van der Waals surface area (Å²) in [7, 11) is 0. The number of halogens is 3. The van der Waals surface area contributed by atoms with Crippen LogP contribution in [-0.2, 0) is 15.8 Å². The van der Waals surface area contributed by atoms with Gasteiger partial charge in [-0.2, -0.15) is 23.2 Å². The van der Waals surface area contributed by atoms with E-state index in [2.05, 4.69) is 9.98 Å². The Morgan fingerprint density at radius 3 is 1.87 bits per heavy atom. The Morgan fingerprint density at radius 2 is 1.39 bits per heavy atom. The van der Waals surface area contributed by atoms with E-state index in [4.69, 9.17) is 0 Å². The number of alkyl halides is 3. The van der Waals surface area contributed by atoms with Gasteiger partial charge in [-0.25, -0.2) is 9.59 Å². The van der Waals surface area contributed by atoms with Crippen LogP contribution < -0.4 is 0 Å². The van der Waals surface area contributed by atoms with Crippen molar-refractivity contribution in [2.75, 3.05) is 0 Å². The van der Waals surface area contributed by atoms with Crippen molar-refractivity contribution in [1.29, 1.82) is 0 Å². The summed E-state index contributed by atoms with van der Waals surface area (Å²) < 4.78 is 36.2. The zero-order valence-electron chi connectivity index (χ0n) is 12.0. The highest BCUT2D eigenvalue weighted by Gasteiger charge is 2.30. The van der Waals surface area contributed by atoms with Crippen molar-refractivity contribution in [2.24, 2.45) is 9.98 Å². The number of hydrogen-bond donors (Lipinski definition) is 0. The molecule has 0 fully saturated rings. The first-order valence-electron chi connectivity index (χ1n) is 6.26. The van der Waals surface area contributed by atoms with Gasteiger partial charge in [0.05, 0.1) is 16.9 Å². The Balaban J connectivity index is 0.000000238. The van der Waals surface area contributed by atoms with Gasteiger partial charge >= 0.3 is 6.18 Å². The van der Waals surface area contributed by atoms with Gasteiger partial charge in [0, 0.05) is 0 Å². The van der Waals surface area contributed by atoms with E-state index in [9.17, 15) is 22.8 Å². The Bertz CT molecular complexity index is 760. The quantitative estimate of drug-likeness (QED) is 0.598. The third kappa shape index (κ3) is 6.52. The molecule has 0 aliphatic carbocycles. The minimum absolute atomic E-state index is 0.0511. The summed E-state index contributed by atoms with van der Waals surface area (Å²) >= 11 is 0. The molecule has 0 N–H and O–H groups in total. The summed E-state index contributed by atoms with van der Waals surface area (Å²) in [6, 6.07) is 11.5. The van der Waals surface area contributed by atoms with Crippen molar-refractivity contribution in [3.63, 3.8) is 0 Å². The Hall–Kier alpha value is -3.01. The molecule has 0 heterocycles. The fraction of sp³-hybridized carbons (Fsp3) is 0.125. The number of aryl methyl sites for hydroxylation is 1. The number of rotatable bonds is 2. The molecule has 0 bridgehead atoms. The van der Waals surface area contributed by atoms with Crippen molar-refractivity contribution in [3.05, 3.63) is 59.7 Å². The molecule has 2 rings (SSSR count). The zero-order chi connectivity index (χ0) is 17.3. The molecule has 2 aromatic carbocycles. The maximum atomic E-state index is 12.1. The molecule has 0 amide bonds. The van der Waals surface area contributed by atoms with Crippen molar-refractivity contribution in [3.8, 4) is 0 Å². The van der Waals surface area contributed by atoms with Gasteiger partial charge in [0.1, 0.15) is 0 Å². The molecule has 4 nitrogen and oxygen atoms in total. The topological polar surface area (TPSA) is 58.9 Å². The van der Waals surface area contributed by atoms with E-state index in [1.54, 1.807) is 6.07 Å². The van der Waals surface area contributed by atoms with Gasteiger partial charge in [-0.1, -0.05) is 18.2 Å². The van der Waals surface area contributed by atoms with E-state index in [1.165, 1.54) is 24.3 Å². The first-order chi connectivity index (χ1) is 10.9. The van der Waals surface area contributed by atoms with Crippen molar-refractivity contribution >= 4 is 23.5 Å². The SMILES string of the molecule is Cc1cccc(N=C=O)c1.O=C=Nc1cccc(C(F)(F)F)c1. The van der Waals surface area contributed by atoms with E-state index in [-0.39, 0.29) is 5.69 Å². The second-order valence-electron chi connectivity index (χ2n) is 4.29. The molecule has 2 aromatic rings. The third-order valence-corrected chi connectivity index (χ3v) is 2.52. The van der Waals surface area contributed by atoms with Gasteiger partial charge in [0.15, 0.2) is 0 Å². The Labute approximate surface area is 130 Å². The van der Waals surface area contributed by atoms with Gasteiger partial charge < -0.3 is 0 Å². The maximum absolute atomic E-state index is 12.1. The molecule has 0 atom stereocenters. The van der Waals surface area contributed by atoms with Crippen molar-refractivity contribution in [1.82, 2.24) is 0 Å². The molecule has 0 saturated heterocycles. The summed E-state index contributed by atoms with van der Waals surface area (Å²) in [5.41, 5.74) is 0.875. The lowest BCUT2D eigenvalue weighted by Gasteiger charge is -2.05. The molecule has 0 aliphatic rings. The molecule has 0 spiro atoms. The van der Waals surface area contributed by atoms with Crippen LogP contribution in [0.4, 0.5) is 24.5 Å². The number of hydrogen-bond acceptors (Lipinski definition) is 4. The van der Waals surface area contributed by atoms with E-state index in [0.29, 0.717) is 5.69 Å². The van der Waals surface area contributed by atoms with Crippen molar-refractivity contribution < 1.29 is 22.8 Å². The minimum Gasteiger partial charge on any atom is -0.211 e. The molecular weight excluding hydrogens is 309 g/mol. The molecule has 0 aliphatic heterocycles. The van der Waals surface area contributed by atoms with Gasteiger partial charge in [0.25, 0.3) is 0 Å². The van der Waals surface area contributed by atoms with Crippen molar-refractivity contribution in [2.45, 2.75) is 13.1 Å². The second-order valence-corrected chi connectivity index (χ2v) is 4.29. The predicted molar refractivity (Wildman–Crippen MR) is 78.2 cm³/mol. The highest BCUT2D eigenvalue weighted by molar-refractivity contribution is 5.50. The van der Waals surface area contributed by atoms with Crippen LogP contribution in [0, 0.1) is 6.92 Å². The Morgan fingerprint density at radius 1 is 0.870 bits per heavy atom. The zero-order valence-corrected chi connectivity index (χ0v) is 12.0. The minimum atomic E-state index is -4.41. The van der Waals surface area contributed by atoms with Crippen LogP contribution in [-0.4, -0.2) is 12.2 Å². The molecule has 7 heteroatoms. The van der Waals surface area contributed by atoms with Crippen LogP contribution in [0.1, 0.15) is 11.1 Å². The number of aliphatic imine (C=N–C) groups is 2. The summed E-state index contributed by atoms with van der Waals surface area (Å²) in [6.45, 7) is 1.95. The number of benzene rings is 2. The van der Waals surface area contributed by atoms with Gasteiger partial charge in [-0.15, -0.1) is 0 Å². The molecule has 118 valence electrons.